The van der Waals surface area contributed by atoms with Crippen molar-refractivity contribution in [1.82, 2.24) is 0 Å². The van der Waals surface area contributed by atoms with Gasteiger partial charge in [-0.25, -0.2) is 0 Å². The van der Waals surface area contributed by atoms with Crippen LogP contribution in [0, 0.1) is 0 Å². The van der Waals surface area contributed by atoms with Crippen LogP contribution in [0.5, 0.6) is 0 Å². The van der Waals surface area contributed by atoms with Crippen LogP contribution in [0.2, 0.25) is 0 Å². The van der Waals surface area contributed by atoms with Crippen molar-refractivity contribution in [1.29, 1.82) is 0 Å². The maximum Gasteiger partial charge on any atom is 0.0468 e. The van der Waals surface area contributed by atoms with Gasteiger partial charge in [0, 0.05) is 17.1 Å². The zero-order chi connectivity index (χ0) is 32.3. The van der Waals surface area contributed by atoms with Crippen LogP contribution >= 0.6 is 0 Å². The molecule has 0 aliphatic heterocycles. The molecule has 1 nitrogen and oxygen atoms in total. The summed E-state index contributed by atoms with van der Waals surface area (Å²) in [5.41, 5.74) is 5.80. The van der Waals surface area contributed by atoms with Crippen molar-refractivity contribution in [3.63, 3.8) is 0 Å². The van der Waals surface area contributed by atoms with Crippen molar-refractivity contribution in [3.8, 4) is 11.1 Å². The van der Waals surface area contributed by atoms with Crippen molar-refractivity contribution < 1.29 is 0 Å². The summed E-state index contributed by atoms with van der Waals surface area (Å²) in [6.45, 7) is 0. The molecule has 0 radical (unpaired) electrons. The van der Waals surface area contributed by atoms with Crippen LogP contribution in [0.1, 0.15) is 0 Å². The van der Waals surface area contributed by atoms with Gasteiger partial charge in [0.25, 0.3) is 0 Å². The summed E-state index contributed by atoms with van der Waals surface area (Å²) >= 11 is 0. The lowest BCUT2D eigenvalue weighted by Crippen LogP contribution is -2.10. The zero-order valence-electron chi connectivity index (χ0n) is 26.8. The van der Waals surface area contributed by atoms with Crippen LogP contribution < -0.4 is 4.90 Å². The highest BCUT2D eigenvalue weighted by Gasteiger charge is 2.18. The number of fused-ring (bicyclic) bond motifs is 12. The summed E-state index contributed by atoms with van der Waals surface area (Å²) in [6.07, 6.45) is 0. The van der Waals surface area contributed by atoms with E-state index in [-0.39, 0.29) is 0 Å². The van der Waals surface area contributed by atoms with E-state index in [0.29, 0.717) is 0 Å². The van der Waals surface area contributed by atoms with E-state index in [9.17, 15) is 0 Å². The van der Waals surface area contributed by atoms with E-state index in [1.165, 1.54) is 75.8 Å². The Morgan fingerprint density at radius 3 is 0.878 bits per heavy atom. The second-order valence-electron chi connectivity index (χ2n) is 12.9. The second kappa shape index (κ2) is 11.1. The molecule has 0 N–H and O–H groups in total. The average molecular weight is 622 g/mol. The second-order valence-corrected chi connectivity index (χ2v) is 12.9. The predicted octanol–water partition coefficient (Wildman–Crippen LogP) is 13.7. The van der Waals surface area contributed by atoms with Crippen LogP contribution in [-0.4, -0.2) is 0 Å². The van der Waals surface area contributed by atoms with E-state index >= 15 is 0 Å². The first-order valence-corrected chi connectivity index (χ1v) is 16.9. The van der Waals surface area contributed by atoms with E-state index in [1.807, 2.05) is 0 Å². The van der Waals surface area contributed by atoms with E-state index in [4.69, 9.17) is 0 Å². The number of hydrogen-bond donors (Lipinski definition) is 0. The van der Waals surface area contributed by atoms with Crippen LogP contribution in [0.25, 0.3) is 75.8 Å². The molecule has 0 bridgehead atoms. The Balaban J connectivity index is 1.24. The van der Waals surface area contributed by atoms with Crippen molar-refractivity contribution >= 4 is 81.7 Å². The van der Waals surface area contributed by atoms with Crippen molar-refractivity contribution in [2.45, 2.75) is 0 Å². The molecule has 0 aromatic heterocycles. The third kappa shape index (κ3) is 4.40. The Morgan fingerprint density at radius 1 is 0.204 bits per heavy atom. The van der Waals surface area contributed by atoms with Crippen molar-refractivity contribution in [3.05, 3.63) is 188 Å². The minimum absolute atomic E-state index is 1.12. The molecule has 0 unspecified atom stereocenters. The van der Waals surface area contributed by atoms with Gasteiger partial charge in [-0.3, -0.25) is 0 Å². The van der Waals surface area contributed by atoms with E-state index < -0.39 is 0 Å². The van der Waals surface area contributed by atoms with Crippen LogP contribution in [-0.2, 0) is 0 Å². The van der Waals surface area contributed by atoms with Gasteiger partial charge in [-0.2, -0.15) is 0 Å². The van der Waals surface area contributed by atoms with Crippen LogP contribution in [0.4, 0.5) is 17.1 Å². The summed E-state index contributed by atoms with van der Waals surface area (Å²) in [7, 11) is 0. The first-order chi connectivity index (χ1) is 24.3. The quantitative estimate of drug-likeness (QED) is 0.177. The smallest absolute Gasteiger partial charge is 0.0468 e. The number of hydrogen-bond acceptors (Lipinski definition) is 1. The number of benzene rings is 10. The van der Waals surface area contributed by atoms with Gasteiger partial charge in [0.05, 0.1) is 0 Å². The standard InChI is InChI=1S/C48H31N/c1-2-12-32(13-3-1)33-22-24-34(25-23-33)49(35-26-28-45-41-18-6-4-14-37(41)39-16-8-10-20-43(39)47(45)30-35)36-27-29-46-42-19-7-5-15-38(42)40-17-9-11-21-44(40)48(46)31-36/h1-31H. The molecule has 49 heavy (non-hydrogen) atoms. The third-order valence-corrected chi connectivity index (χ3v) is 10.2. The van der Waals surface area contributed by atoms with Crippen LogP contribution in [0.3, 0.4) is 0 Å². The van der Waals surface area contributed by atoms with Gasteiger partial charge in [-0.1, -0.05) is 152 Å². The fourth-order valence-corrected chi connectivity index (χ4v) is 7.95. The van der Waals surface area contributed by atoms with Gasteiger partial charge >= 0.3 is 0 Å². The first kappa shape index (κ1) is 27.7. The van der Waals surface area contributed by atoms with Crippen molar-refractivity contribution in [2.24, 2.45) is 0 Å². The Kier molecular flexibility index (Phi) is 6.25. The summed E-state index contributed by atoms with van der Waals surface area (Å²) in [4.78, 5) is 2.42. The lowest BCUT2D eigenvalue weighted by atomic mass is 9.93. The highest BCUT2D eigenvalue weighted by atomic mass is 15.1. The maximum atomic E-state index is 2.42. The van der Waals surface area contributed by atoms with Crippen molar-refractivity contribution in [2.75, 3.05) is 4.90 Å². The topological polar surface area (TPSA) is 3.24 Å². The lowest BCUT2D eigenvalue weighted by Gasteiger charge is -2.27. The largest absolute Gasteiger partial charge is 0.310 e. The molecule has 228 valence electrons. The first-order valence-electron chi connectivity index (χ1n) is 16.9. The van der Waals surface area contributed by atoms with E-state index in [1.54, 1.807) is 0 Å². The molecule has 0 fully saturated rings. The molecule has 0 aliphatic carbocycles. The number of nitrogens with zero attached hydrogens (tertiary/aromatic N) is 1. The monoisotopic (exact) mass is 621 g/mol. The summed E-state index contributed by atoms with van der Waals surface area (Å²) in [5.74, 6) is 0. The van der Waals surface area contributed by atoms with Gasteiger partial charge in [-0.15, -0.1) is 0 Å². The number of rotatable bonds is 4. The Hall–Kier alpha value is -6.44. The third-order valence-electron chi connectivity index (χ3n) is 10.2. The number of anilines is 3. The minimum Gasteiger partial charge on any atom is -0.310 e. The van der Waals surface area contributed by atoms with E-state index in [0.717, 1.165) is 17.1 Å². The fraction of sp³-hybridized carbons (Fsp3) is 0. The normalized spacial score (nSPS) is 11.7. The highest BCUT2D eigenvalue weighted by Crippen LogP contribution is 2.43. The summed E-state index contributed by atoms with van der Waals surface area (Å²) in [5, 5.41) is 15.3. The molecule has 10 rings (SSSR count). The SMILES string of the molecule is c1ccc(-c2ccc(N(c3ccc4c5ccccc5c5ccccc5c4c3)c3ccc4c5ccccc5c5ccccc5c4c3)cc2)cc1. The molecule has 1 heteroatoms. The molecular weight excluding hydrogens is 591 g/mol. The Bertz CT molecular complexity index is 2640. The van der Waals surface area contributed by atoms with Gasteiger partial charge in [0.2, 0.25) is 0 Å². The molecule has 0 saturated heterocycles. The molecule has 0 aliphatic rings. The predicted molar refractivity (Wildman–Crippen MR) is 212 cm³/mol. The Labute approximate surface area is 284 Å². The average Bonchev–Trinajstić information content (AvgIpc) is 3.19. The Morgan fingerprint density at radius 2 is 0.490 bits per heavy atom. The molecule has 0 atom stereocenters. The van der Waals surface area contributed by atoms with Gasteiger partial charge in [-0.05, 0) is 112 Å². The van der Waals surface area contributed by atoms with Gasteiger partial charge < -0.3 is 4.90 Å². The fourth-order valence-electron chi connectivity index (χ4n) is 7.95. The summed E-state index contributed by atoms with van der Waals surface area (Å²) in [6, 6.07) is 68.8. The molecule has 0 saturated carbocycles. The molecule has 0 spiro atoms. The molecule has 0 heterocycles. The van der Waals surface area contributed by atoms with E-state index in [2.05, 4.69) is 193 Å². The molecule has 0 amide bonds. The summed E-state index contributed by atoms with van der Waals surface area (Å²) < 4.78 is 0. The van der Waals surface area contributed by atoms with Crippen LogP contribution in [0.15, 0.2) is 188 Å². The molecular formula is C48H31N. The minimum atomic E-state index is 1.12. The molecule has 10 aromatic rings. The zero-order valence-corrected chi connectivity index (χ0v) is 26.8. The van der Waals surface area contributed by atoms with Gasteiger partial charge in [0.1, 0.15) is 0 Å². The molecule has 10 aromatic carbocycles. The highest BCUT2D eigenvalue weighted by molar-refractivity contribution is 6.27. The van der Waals surface area contributed by atoms with Gasteiger partial charge in [0.15, 0.2) is 0 Å². The maximum absolute atomic E-state index is 2.42. The lowest BCUT2D eigenvalue weighted by molar-refractivity contribution is 1.30.